The first kappa shape index (κ1) is 41.4. The zero-order valence-corrected chi connectivity index (χ0v) is 30.6. The van der Waals surface area contributed by atoms with E-state index in [2.05, 4.69) is 126 Å². The second-order valence-corrected chi connectivity index (χ2v) is 15.4. The number of hydrogen-bond donors (Lipinski definition) is 2. The van der Waals surface area contributed by atoms with Crippen molar-refractivity contribution in [3.05, 3.63) is 157 Å². The van der Waals surface area contributed by atoms with Crippen LogP contribution in [0.4, 0.5) is 0 Å². The van der Waals surface area contributed by atoms with Crippen LogP contribution < -0.4 is 21.2 Å². The average Bonchev–Trinajstić information content (AvgIpc) is 3.08. The number of rotatable bonds is 10. The maximum absolute atomic E-state index is 9.00. The molecule has 247 valence electrons. The quantitative estimate of drug-likeness (QED) is 0.0883. The normalized spacial score (nSPS) is 9.72. The first-order chi connectivity index (χ1) is 22.3. The third-order valence-corrected chi connectivity index (χ3v) is 12.3. The molecule has 1 aromatic heterocycles. The van der Waals surface area contributed by atoms with Gasteiger partial charge in [-0.1, -0.05) is 78.9 Å². The van der Waals surface area contributed by atoms with Crippen molar-refractivity contribution < 1.29 is 39.3 Å². The van der Waals surface area contributed by atoms with E-state index < -0.39 is 27.8 Å². The van der Waals surface area contributed by atoms with E-state index in [1.54, 1.807) is 6.20 Å². The molecule has 0 saturated carbocycles. The van der Waals surface area contributed by atoms with Gasteiger partial charge in [0.25, 0.3) is 11.9 Å². The maximum atomic E-state index is 9.00. The van der Waals surface area contributed by atoms with Crippen LogP contribution in [0, 0.1) is 0 Å². The van der Waals surface area contributed by atoms with Crippen LogP contribution in [0.25, 0.3) is 5.73 Å². The Balaban J connectivity index is 0.000000537. The van der Waals surface area contributed by atoms with E-state index in [0.717, 1.165) is 19.5 Å². The van der Waals surface area contributed by atoms with Gasteiger partial charge in [-0.15, -0.1) is 6.54 Å². The summed E-state index contributed by atoms with van der Waals surface area (Å²) in [5.41, 5.74) is 7.71. The minimum atomic E-state index is -0.833. The Labute approximate surface area is 294 Å². The van der Waals surface area contributed by atoms with Gasteiger partial charge in [0, 0.05) is 25.7 Å². The van der Waals surface area contributed by atoms with E-state index in [-0.39, 0.29) is 26.0 Å². The standard InChI is InChI=1S/C28H28P2.C6H7N2.2C2H4O2.Ru/c1-5-15-25(16-6-1)29(26-17-7-2-8-18-26)23-13-14-24-30(27-19-9-3-10-20-27)28-21-11-4-12-22-28;7-5-6-3-1-2-4-8-6;2*1-2(3)4;/h1-12,15-22H,13-14,23-24H2;1-4,7H,5H2;2*1H3,(H,3,4);/q;-1;;;+1/p+2. The molecule has 0 spiro atoms. The molecule has 47 heavy (non-hydrogen) atoms. The van der Waals surface area contributed by atoms with E-state index in [1.165, 1.54) is 46.4 Å². The monoisotopic (exact) mass is 757 g/mol. The van der Waals surface area contributed by atoms with Crippen molar-refractivity contribution in [2.24, 2.45) is 0 Å². The van der Waals surface area contributed by atoms with Gasteiger partial charge in [-0.3, -0.25) is 14.6 Å². The third kappa shape index (κ3) is 18.4. The number of hydrogen-bond acceptors (Lipinski definition) is 3. The molecule has 4 aromatic carbocycles. The average molecular weight is 757 g/mol. The summed E-state index contributed by atoms with van der Waals surface area (Å²) in [5, 5.41) is 21.0. The molecule has 9 heteroatoms. The molecule has 5 rings (SSSR count). The van der Waals surface area contributed by atoms with Crippen LogP contribution in [-0.4, -0.2) is 39.5 Å². The van der Waals surface area contributed by atoms with Crippen molar-refractivity contribution in [2.75, 3.05) is 12.3 Å². The number of carboxylic acids is 2. The molecule has 0 atom stereocenters. The summed E-state index contributed by atoms with van der Waals surface area (Å²) in [6, 6.07) is 50.2. The second kappa shape index (κ2) is 25.5. The summed E-state index contributed by atoms with van der Waals surface area (Å²) in [7, 11) is -1.43. The summed E-state index contributed by atoms with van der Waals surface area (Å²) in [6.07, 6.45) is 6.90. The molecule has 1 heterocycles. The van der Waals surface area contributed by atoms with E-state index in [4.69, 9.17) is 25.5 Å². The van der Waals surface area contributed by atoms with Crippen LogP contribution in [0.2, 0.25) is 0 Å². The van der Waals surface area contributed by atoms with Crippen LogP contribution in [-0.2, 0) is 35.6 Å². The summed E-state index contributed by atoms with van der Waals surface area (Å²) in [5.74, 6) is -1.67. The summed E-state index contributed by atoms with van der Waals surface area (Å²) < 4.78 is 0. The molecule has 0 aliphatic carbocycles. The van der Waals surface area contributed by atoms with E-state index in [0.29, 0.717) is 0 Å². The van der Waals surface area contributed by atoms with Gasteiger partial charge in [0.2, 0.25) is 0 Å². The number of benzene rings is 4. The van der Waals surface area contributed by atoms with Gasteiger partial charge in [-0.2, -0.15) is 0 Å². The Morgan fingerprint density at radius 1 is 0.553 bits per heavy atom. The van der Waals surface area contributed by atoms with Gasteiger partial charge in [0.1, 0.15) is 0 Å². The number of pyridine rings is 1. The Bertz CT molecular complexity index is 1320. The van der Waals surface area contributed by atoms with Crippen LogP contribution in [0.3, 0.4) is 0 Å². The smallest absolute Gasteiger partial charge is 0.672 e. The molecule has 0 aliphatic heterocycles. The summed E-state index contributed by atoms with van der Waals surface area (Å²) >= 11 is 0. The van der Waals surface area contributed by atoms with Crippen molar-refractivity contribution in [3.63, 3.8) is 0 Å². The van der Waals surface area contributed by atoms with Crippen molar-refractivity contribution in [1.29, 1.82) is 0 Å². The number of nitrogens with one attached hydrogen (secondary N) is 1. The Morgan fingerprint density at radius 3 is 1.04 bits per heavy atom. The van der Waals surface area contributed by atoms with Gasteiger partial charge in [0.15, 0.2) is 0 Å². The Hall–Kier alpha value is -3.59. The summed E-state index contributed by atoms with van der Waals surface area (Å²) in [6.45, 7) is 2.45. The molecule has 1 radical (unpaired) electrons. The Morgan fingerprint density at radius 2 is 0.830 bits per heavy atom. The predicted octanol–water partition coefficient (Wildman–Crippen LogP) is 7.31. The molecule has 0 fully saturated rings. The first-order valence-corrected chi connectivity index (χ1v) is 18.6. The largest absolute Gasteiger partial charge is 1.00 e. The molecule has 3 N–H and O–H groups in total. The fourth-order valence-electron chi connectivity index (χ4n) is 4.57. The van der Waals surface area contributed by atoms with E-state index in [1.807, 2.05) is 18.2 Å². The molecule has 0 aliphatic rings. The molecule has 5 aromatic rings. The number of nitrogens with zero attached hydrogens (tertiary/aromatic N) is 1. The second-order valence-electron chi connectivity index (χ2n) is 10.2. The fraction of sp³-hybridized carbons (Fsp3) is 0.184. The van der Waals surface area contributed by atoms with Crippen LogP contribution >= 0.6 is 15.8 Å². The number of carboxylic acid groups (broad SMARTS) is 2. The number of aliphatic carboxylic acids is 2. The maximum Gasteiger partial charge on any atom is 1.00 e. The van der Waals surface area contributed by atoms with Gasteiger partial charge < -0.3 is 15.9 Å². The van der Waals surface area contributed by atoms with Crippen molar-refractivity contribution >= 4 is 49.0 Å². The van der Waals surface area contributed by atoms with Crippen LogP contribution in [0.15, 0.2) is 146 Å². The van der Waals surface area contributed by atoms with Crippen molar-refractivity contribution in [3.8, 4) is 0 Å². The van der Waals surface area contributed by atoms with Crippen molar-refractivity contribution in [2.45, 2.75) is 33.2 Å². The molecular formula is C38H45N2O4P2Ru+2. The van der Waals surface area contributed by atoms with Gasteiger partial charge >= 0.3 is 19.5 Å². The molecule has 0 bridgehead atoms. The fourth-order valence-corrected chi connectivity index (χ4v) is 9.98. The van der Waals surface area contributed by atoms with Crippen LogP contribution in [0.1, 0.15) is 32.4 Å². The zero-order chi connectivity index (χ0) is 33.4. The number of aromatic nitrogens is 1. The minimum absolute atomic E-state index is 0. The summed E-state index contributed by atoms with van der Waals surface area (Å²) in [4.78, 5) is 21.9. The first-order valence-electron chi connectivity index (χ1n) is 15.2. The molecule has 0 amide bonds. The van der Waals surface area contributed by atoms with E-state index >= 15 is 0 Å². The SMILES string of the molecule is CC(=O)O.CC(=O)O.[NH-]Cc1ccccn1.[Ru+].c1ccc([PH+](CCCC[PH+](c2ccccc2)c2ccccc2)c2ccccc2)cc1. The van der Waals surface area contributed by atoms with Crippen LogP contribution in [0.5, 0.6) is 0 Å². The number of carbonyl (C=O) groups is 2. The third-order valence-electron chi connectivity index (χ3n) is 6.50. The minimum Gasteiger partial charge on any atom is -0.672 e. The molecular weight excluding hydrogens is 711 g/mol. The molecule has 0 saturated heterocycles. The van der Waals surface area contributed by atoms with E-state index in [9.17, 15) is 0 Å². The van der Waals surface area contributed by atoms with Gasteiger partial charge in [0.05, 0.1) is 49.4 Å². The topological polar surface area (TPSA) is 111 Å². The molecule has 6 nitrogen and oxygen atoms in total. The number of unbranched alkanes of at least 4 members (excludes halogenated alkanes) is 1. The zero-order valence-electron chi connectivity index (χ0n) is 26.9. The van der Waals surface area contributed by atoms with Crippen molar-refractivity contribution in [1.82, 2.24) is 4.98 Å². The Kier molecular flexibility index (Phi) is 22.5. The molecule has 0 unspecified atom stereocenters. The predicted molar refractivity (Wildman–Crippen MR) is 199 cm³/mol. The van der Waals surface area contributed by atoms with Gasteiger partial charge in [-0.05, 0) is 73.5 Å². The van der Waals surface area contributed by atoms with Gasteiger partial charge in [-0.25, -0.2) is 0 Å².